The molecule has 0 aliphatic rings. The lowest BCUT2D eigenvalue weighted by molar-refractivity contribution is 0.577. The summed E-state index contributed by atoms with van der Waals surface area (Å²) in [5.74, 6) is 1.55. The summed E-state index contributed by atoms with van der Waals surface area (Å²) in [6.07, 6.45) is 0. The molecule has 0 amide bonds. The first-order chi connectivity index (χ1) is 10.1. The molecule has 21 heavy (non-hydrogen) atoms. The van der Waals surface area contributed by atoms with Crippen molar-refractivity contribution in [3.63, 3.8) is 0 Å². The van der Waals surface area contributed by atoms with E-state index in [-0.39, 0.29) is 0 Å². The van der Waals surface area contributed by atoms with Crippen LogP contribution >= 0.6 is 46.4 Å². The van der Waals surface area contributed by atoms with E-state index in [0.717, 1.165) is 30.7 Å². The number of rotatable bonds is 2. The van der Waals surface area contributed by atoms with Crippen molar-refractivity contribution >= 4 is 46.4 Å². The van der Waals surface area contributed by atoms with E-state index in [9.17, 15) is 0 Å². The summed E-state index contributed by atoms with van der Waals surface area (Å²) < 4.78 is 7.80. The first-order valence-corrected chi connectivity index (χ1v) is 8.16. The molecule has 0 aliphatic carbocycles. The molecule has 0 aliphatic heterocycles. The first kappa shape index (κ1) is 14.8. The van der Waals surface area contributed by atoms with Gasteiger partial charge in [-0.15, -0.1) is 0 Å². The average molecular weight is 425 g/mol. The van der Waals surface area contributed by atoms with Crippen LogP contribution in [0.3, 0.4) is 0 Å². The van der Waals surface area contributed by atoms with Crippen molar-refractivity contribution in [2.24, 2.45) is 0 Å². The van der Waals surface area contributed by atoms with Gasteiger partial charge in [-0.2, -0.15) is 0 Å². The Kier molecular flexibility index (Phi) is 4.42. The highest BCUT2D eigenvalue weighted by Crippen LogP contribution is 2.32. The summed E-state index contributed by atoms with van der Waals surface area (Å²) >= 11 is 13.6. The highest BCUT2D eigenvalue weighted by molar-refractivity contribution is 14.1. The molecule has 0 atom stereocenters. The van der Waals surface area contributed by atoms with Gasteiger partial charge in [-0.3, -0.25) is 0 Å². The third-order valence-corrected chi connectivity index (χ3v) is 5.07. The van der Waals surface area contributed by atoms with Gasteiger partial charge in [-0.25, -0.2) is 0 Å². The van der Waals surface area contributed by atoms with E-state index in [1.54, 1.807) is 0 Å². The zero-order valence-corrected chi connectivity index (χ0v) is 14.6. The Morgan fingerprint density at radius 1 is 0.905 bits per heavy atom. The van der Waals surface area contributed by atoms with E-state index in [1.807, 2.05) is 60.7 Å². The quantitative estimate of drug-likeness (QED) is 0.339. The molecule has 0 unspecified atom stereocenters. The molecule has 0 spiro atoms. The van der Waals surface area contributed by atoms with Crippen LogP contribution < -0.4 is 0 Å². The molecule has 0 N–H and O–H groups in total. The zero-order chi connectivity index (χ0) is 14.8. The maximum absolute atomic E-state index is 6.08. The van der Waals surface area contributed by atoms with Crippen LogP contribution in [0.15, 0.2) is 65.1 Å². The second-order valence-corrected chi connectivity index (χ2v) is 6.45. The van der Waals surface area contributed by atoms with Crippen molar-refractivity contribution in [2.75, 3.05) is 0 Å². The fourth-order valence-electron chi connectivity index (χ4n) is 2.01. The SMILES string of the molecule is S=c1cc(-c2ccccc2)oc(-c2ccc(Cl)cc2)c1I. The van der Waals surface area contributed by atoms with Crippen LogP contribution in [-0.2, 0) is 0 Å². The van der Waals surface area contributed by atoms with Crippen LogP contribution in [0.1, 0.15) is 0 Å². The van der Waals surface area contributed by atoms with Gasteiger partial charge in [0.25, 0.3) is 0 Å². The Labute approximate surface area is 146 Å². The molecule has 0 bridgehead atoms. The summed E-state index contributed by atoms with van der Waals surface area (Å²) in [5.41, 5.74) is 1.97. The van der Waals surface area contributed by atoms with E-state index in [2.05, 4.69) is 22.6 Å². The maximum atomic E-state index is 6.08. The standard InChI is InChI=1S/C17H10ClIOS/c18-13-8-6-12(7-9-13)17-16(19)15(21)10-14(20-17)11-4-2-1-3-5-11/h1-10H. The molecular formula is C17H10ClIOS. The van der Waals surface area contributed by atoms with Crippen LogP contribution in [-0.4, -0.2) is 0 Å². The van der Waals surface area contributed by atoms with Gasteiger partial charge in [0.15, 0.2) is 0 Å². The lowest BCUT2D eigenvalue weighted by atomic mass is 10.1. The van der Waals surface area contributed by atoms with E-state index >= 15 is 0 Å². The van der Waals surface area contributed by atoms with Crippen molar-refractivity contribution in [1.29, 1.82) is 0 Å². The summed E-state index contributed by atoms with van der Waals surface area (Å²) in [6, 6.07) is 19.4. The van der Waals surface area contributed by atoms with E-state index < -0.39 is 0 Å². The van der Waals surface area contributed by atoms with E-state index in [1.165, 1.54) is 0 Å². The Bertz CT molecular complexity index is 826. The first-order valence-electron chi connectivity index (χ1n) is 6.30. The minimum Gasteiger partial charge on any atom is -0.455 e. The largest absolute Gasteiger partial charge is 0.455 e. The molecule has 4 heteroatoms. The molecule has 0 saturated heterocycles. The topological polar surface area (TPSA) is 13.1 Å². The smallest absolute Gasteiger partial charge is 0.149 e. The second-order valence-electron chi connectivity index (χ2n) is 4.49. The predicted octanol–water partition coefficient (Wildman–Crippen LogP) is 6.60. The number of hydrogen-bond acceptors (Lipinski definition) is 2. The van der Waals surface area contributed by atoms with Crippen LogP contribution in [0.25, 0.3) is 22.6 Å². The van der Waals surface area contributed by atoms with Gasteiger partial charge in [0.1, 0.15) is 11.5 Å². The number of hydrogen-bond donors (Lipinski definition) is 0. The molecule has 1 nitrogen and oxygen atoms in total. The van der Waals surface area contributed by atoms with Crippen molar-refractivity contribution < 1.29 is 4.42 Å². The average Bonchev–Trinajstić information content (AvgIpc) is 2.52. The van der Waals surface area contributed by atoms with Gasteiger partial charge in [0, 0.05) is 22.2 Å². The van der Waals surface area contributed by atoms with Gasteiger partial charge in [-0.05, 0) is 46.9 Å². The molecule has 0 saturated carbocycles. The Hall–Kier alpha value is -1.17. The predicted molar refractivity (Wildman–Crippen MR) is 98.1 cm³/mol. The second kappa shape index (κ2) is 6.30. The summed E-state index contributed by atoms with van der Waals surface area (Å²) in [7, 11) is 0. The van der Waals surface area contributed by atoms with Gasteiger partial charge >= 0.3 is 0 Å². The fourth-order valence-corrected chi connectivity index (χ4v) is 2.91. The molecule has 3 aromatic rings. The monoisotopic (exact) mass is 424 g/mol. The normalized spacial score (nSPS) is 10.6. The van der Waals surface area contributed by atoms with Crippen molar-refractivity contribution in [3.8, 4) is 22.6 Å². The minimum atomic E-state index is 0.701. The molecule has 0 fully saturated rings. The maximum Gasteiger partial charge on any atom is 0.149 e. The molecule has 0 radical (unpaired) electrons. The molecule has 104 valence electrons. The van der Waals surface area contributed by atoms with Gasteiger partial charge in [0.2, 0.25) is 0 Å². The van der Waals surface area contributed by atoms with Crippen LogP contribution in [0.5, 0.6) is 0 Å². The third kappa shape index (κ3) is 3.20. The highest BCUT2D eigenvalue weighted by Gasteiger charge is 2.11. The number of halogens is 2. The van der Waals surface area contributed by atoms with Gasteiger partial charge in [0.05, 0.1) is 8.08 Å². The van der Waals surface area contributed by atoms with Crippen LogP contribution in [0.2, 0.25) is 5.02 Å². The molecule has 3 rings (SSSR count). The lowest BCUT2D eigenvalue weighted by Gasteiger charge is -2.08. The van der Waals surface area contributed by atoms with E-state index in [0.29, 0.717) is 5.02 Å². The zero-order valence-electron chi connectivity index (χ0n) is 10.8. The molecule has 2 aromatic carbocycles. The third-order valence-electron chi connectivity index (χ3n) is 3.05. The highest BCUT2D eigenvalue weighted by atomic mass is 127. The fraction of sp³-hybridized carbons (Fsp3) is 0. The van der Waals surface area contributed by atoms with Gasteiger partial charge < -0.3 is 4.42 Å². The van der Waals surface area contributed by atoms with Crippen molar-refractivity contribution in [2.45, 2.75) is 0 Å². The Morgan fingerprint density at radius 3 is 2.24 bits per heavy atom. The van der Waals surface area contributed by atoms with Crippen LogP contribution in [0, 0.1) is 8.08 Å². The molecule has 1 aromatic heterocycles. The van der Waals surface area contributed by atoms with Gasteiger partial charge in [-0.1, -0.05) is 54.2 Å². The summed E-state index contributed by atoms with van der Waals surface area (Å²) in [4.78, 5) is 0. The Morgan fingerprint density at radius 2 is 1.57 bits per heavy atom. The van der Waals surface area contributed by atoms with Crippen LogP contribution in [0.4, 0.5) is 0 Å². The summed E-state index contributed by atoms with van der Waals surface area (Å²) in [6.45, 7) is 0. The molecular weight excluding hydrogens is 415 g/mol. The Balaban J connectivity index is 2.19. The number of benzene rings is 2. The van der Waals surface area contributed by atoms with Crippen molar-refractivity contribution in [1.82, 2.24) is 0 Å². The lowest BCUT2D eigenvalue weighted by Crippen LogP contribution is -1.87. The molecule has 1 heterocycles. The minimum absolute atomic E-state index is 0.701. The van der Waals surface area contributed by atoms with E-state index in [4.69, 9.17) is 28.2 Å². The summed E-state index contributed by atoms with van der Waals surface area (Å²) in [5, 5.41) is 0.701. The van der Waals surface area contributed by atoms with Crippen molar-refractivity contribution in [3.05, 3.63) is 73.8 Å².